The smallest absolute Gasteiger partial charge is 0.238 e. The summed E-state index contributed by atoms with van der Waals surface area (Å²) >= 11 is 3.52. The van der Waals surface area contributed by atoms with Crippen LogP contribution in [0.25, 0.3) is 6.08 Å². The van der Waals surface area contributed by atoms with Gasteiger partial charge in [0.05, 0.1) is 23.5 Å². The van der Waals surface area contributed by atoms with Crippen LogP contribution in [0, 0.1) is 5.92 Å². The molecule has 0 aliphatic carbocycles. The molecule has 1 saturated heterocycles. The number of nitrogens with zero attached hydrogens (tertiary/aromatic N) is 1. The number of rotatable bonds is 5. The van der Waals surface area contributed by atoms with E-state index in [1.54, 1.807) is 49.6 Å². The predicted molar refractivity (Wildman–Crippen MR) is 162 cm³/mol. The molecule has 0 bridgehead atoms. The van der Waals surface area contributed by atoms with Gasteiger partial charge in [-0.3, -0.25) is 14.4 Å². The Bertz CT molecular complexity index is 1770. The van der Waals surface area contributed by atoms with E-state index in [1.165, 1.54) is 0 Å². The van der Waals surface area contributed by atoms with E-state index < -0.39 is 23.4 Å². The number of Topliss-reactive ketones (excluding diaryl/α,β-unsaturated/α-hetero) is 2. The highest BCUT2D eigenvalue weighted by Crippen LogP contribution is 2.58. The zero-order chi connectivity index (χ0) is 28.3. The molecule has 0 radical (unpaired) electrons. The molecule has 3 aliphatic heterocycles. The number of anilines is 2. The van der Waals surface area contributed by atoms with Gasteiger partial charge >= 0.3 is 0 Å². The minimum Gasteiger partial charge on any atom is -0.496 e. The Morgan fingerprint density at radius 2 is 1.61 bits per heavy atom. The van der Waals surface area contributed by atoms with Crippen molar-refractivity contribution < 1.29 is 19.1 Å². The lowest BCUT2D eigenvalue weighted by molar-refractivity contribution is -0.121. The number of methoxy groups -OCH3 is 1. The molecule has 3 heterocycles. The summed E-state index contributed by atoms with van der Waals surface area (Å²) in [6.45, 7) is 0. The van der Waals surface area contributed by atoms with E-state index in [-0.39, 0.29) is 17.5 Å². The third kappa shape index (κ3) is 3.58. The first kappa shape index (κ1) is 25.5. The quantitative estimate of drug-likeness (QED) is 0.270. The molecule has 7 rings (SSSR count). The van der Waals surface area contributed by atoms with Crippen LogP contribution in [0.3, 0.4) is 0 Å². The van der Waals surface area contributed by atoms with E-state index in [4.69, 9.17) is 4.74 Å². The average Bonchev–Trinajstić information content (AvgIpc) is 3.49. The van der Waals surface area contributed by atoms with Gasteiger partial charge in [-0.15, -0.1) is 0 Å². The summed E-state index contributed by atoms with van der Waals surface area (Å²) in [5.74, 6) is -1.19. The molecule has 3 aliphatic rings. The molecule has 1 fully saturated rings. The molecule has 202 valence electrons. The number of ether oxygens (including phenoxy) is 1. The Balaban J connectivity index is 1.52. The second kappa shape index (κ2) is 9.56. The summed E-state index contributed by atoms with van der Waals surface area (Å²) in [6, 6.07) is 27.9. The summed E-state index contributed by atoms with van der Waals surface area (Å²) in [7, 11) is 1.56. The zero-order valence-corrected chi connectivity index (χ0v) is 23.7. The largest absolute Gasteiger partial charge is 0.496 e. The van der Waals surface area contributed by atoms with Crippen molar-refractivity contribution in [1.82, 2.24) is 0 Å². The molecule has 41 heavy (non-hydrogen) atoms. The average molecular weight is 605 g/mol. The molecule has 1 N–H and O–H groups in total. The Morgan fingerprint density at radius 1 is 0.878 bits per heavy atom. The molecule has 1 unspecified atom stereocenters. The number of hydrogen-bond acceptors (Lipinski definition) is 5. The Hall–Kier alpha value is -4.49. The van der Waals surface area contributed by atoms with Crippen molar-refractivity contribution in [2.24, 2.45) is 5.92 Å². The molecular weight excluding hydrogens is 580 g/mol. The number of halogens is 1. The fourth-order valence-electron chi connectivity index (χ4n) is 6.89. The van der Waals surface area contributed by atoms with Crippen LogP contribution < -0.4 is 15.0 Å². The highest BCUT2D eigenvalue weighted by molar-refractivity contribution is 9.10. The van der Waals surface area contributed by atoms with E-state index in [9.17, 15) is 14.4 Å². The normalized spacial score (nSPS) is 23.5. The van der Waals surface area contributed by atoms with E-state index in [1.807, 2.05) is 71.6 Å². The summed E-state index contributed by atoms with van der Waals surface area (Å²) < 4.78 is 6.03. The van der Waals surface area contributed by atoms with Gasteiger partial charge in [-0.1, -0.05) is 78.9 Å². The van der Waals surface area contributed by atoms with Crippen LogP contribution in [0.15, 0.2) is 108 Å². The van der Waals surface area contributed by atoms with E-state index in [0.29, 0.717) is 27.0 Å². The summed E-state index contributed by atoms with van der Waals surface area (Å²) in [6.07, 6.45) is 3.97. The van der Waals surface area contributed by atoms with E-state index in [2.05, 4.69) is 21.2 Å². The third-order valence-electron chi connectivity index (χ3n) is 8.59. The third-order valence-corrected chi connectivity index (χ3v) is 9.21. The van der Waals surface area contributed by atoms with Gasteiger partial charge in [0.1, 0.15) is 17.2 Å². The van der Waals surface area contributed by atoms with Crippen molar-refractivity contribution in [2.45, 2.75) is 17.5 Å². The van der Waals surface area contributed by atoms with Crippen LogP contribution in [0.1, 0.15) is 31.8 Å². The molecule has 1 amide bonds. The highest BCUT2D eigenvalue weighted by Gasteiger charge is 2.70. The van der Waals surface area contributed by atoms with Gasteiger partial charge in [0.25, 0.3) is 0 Å². The lowest BCUT2D eigenvalue weighted by Gasteiger charge is -2.37. The molecule has 1 spiro atoms. The molecule has 6 nitrogen and oxygen atoms in total. The van der Waals surface area contributed by atoms with Gasteiger partial charge < -0.3 is 15.0 Å². The van der Waals surface area contributed by atoms with Gasteiger partial charge in [-0.25, -0.2) is 0 Å². The minimum atomic E-state index is -1.34. The monoisotopic (exact) mass is 604 g/mol. The zero-order valence-electron chi connectivity index (χ0n) is 22.1. The number of ketones is 2. The Kier molecular flexibility index (Phi) is 5.94. The lowest BCUT2D eigenvalue weighted by Crippen LogP contribution is -2.51. The molecular formula is C34H25BrN2O4. The number of para-hydroxylation sites is 2. The molecule has 4 aromatic rings. The Morgan fingerprint density at radius 3 is 2.39 bits per heavy atom. The fourth-order valence-corrected chi connectivity index (χ4v) is 7.43. The first-order valence-electron chi connectivity index (χ1n) is 13.4. The highest BCUT2D eigenvalue weighted by atomic mass is 79.9. The second-order valence-electron chi connectivity index (χ2n) is 10.5. The number of amides is 1. The van der Waals surface area contributed by atoms with Crippen molar-refractivity contribution in [1.29, 1.82) is 0 Å². The number of hydrogen-bond donors (Lipinski definition) is 1. The number of nitrogens with one attached hydrogen (secondary N) is 1. The standard InChI is InChI=1S/C34H25BrN2O4/c1-41-27-17-15-22(19-24(27)35)32(39)30-29(31(38)21-10-3-2-4-11-21)34(23-12-6-7-13-25(23)36-33(34)40)28-18-16-20-9-5-8-14-26(20)37(28)30/h2-19,28-30H,1H3,(H,36,40)/t28?,29-,30-,34-/m0/s1. The summed E-state index contributed by atoms with van der Waals surface area (Å²) in [5.41, 5.74) is 2.67. The second-order valence-corrected chi connectivity index (χ2v) is 11.4. The Labute approximate surface area is 245 Å². The molecule has 0 aromatic heterocycles. The number of fused-ring (bicyclic) bond motifs is 6. The molecule has 4 aromatic carbocycles. The first-order valence-corrected chi connectivity index (χ1v) is 14.2. The molecule has 4 atom stereocenters. The van der Waals surface area contributed by atoms with Gasteiger partial charge in [-0.05, 0) is 57.4 Å². The maximum atomic E-state index is 14.8. The van der Waals surface area contributed by atoms with E-state index >= 15 is 0 Å². The lowest BCUT2D eigenvalue weighted by atomic mass is 9.64. The van der Waals surface area contributed by atoms with Crippen LogP contribution in [-0.4, -0.2) is 36.7 Å². The van der Waals surface area contributed by atoms with Crippen molar-refractivity contribution in [3.05, 3.63) is 130 Å². The van der Waals surface area contributed by atoms with Crippen molar-refractivity contribution >= 4 is 50.9 Å². The summed E-state index contributed by atoms with van der Waals surface area (Å²) in [5, 5.41) is 3.06. The maximum absolute atomic E-state index is 14.8. The maximum Gasteiger partial charge on any atom is 0.238 e. The van der Waals surface area contributed by atoms with Gasteiger partial charge in [0.2, 0.25) is 5.91 Å². The predicted octanol–water partition coefficient (Wildman–Crippen LogP) is 6.31. The van der Waals surface area contributed by atoms with Crippen molar-refractivity contribution in [2.75, 3.05) is 17.3 Å². The van der Waals surface area contributed by atoms with Gasteiger partial charge in [0, 0.05) is 22.5 Å². The van der Waals surface area contributed by atoms with Crippen molar-refractivity contribution in [3.8, 4) is 5.75 Å². The van der Waals surface area contributed by atoms with Crippen LogP contribution in [0.4, 0.5) is 11.4 Å². The SMILES string of the molecule is COc1ccc(C(=O)[C@@H]2[C@@H](C(=O)c3ccccc3)[C@@]3(C(=O)Nc4ccccc43)C3C=Cc4ccccc4N32)cc1Br. The van der Waals surface area contributed by atoms with Crippen molar-refractivity contribution in [3.63, 3.8) is 0 Å². The van der Waals surface area contributed by atoms with Gasteiger partial charge in [-0.2, -0.15) is 0 Å². The molecule has 7 heteroatoms. The van der Waals surface area contributed by atoms with Gasteiger partial charge in [0.15, 0.2) is 11.6 Å². The minimum absolute atomic E-state index is 0.244. The summed E-state index contributed by atoms with van der Waals surface area (Å²) in [4.78, 5) is 45.8. The van der Waals surface area contributed by atoms with Crippen LogP contribution >= 0.6 is 15.9 Å². The first-order chi connectivity index (χ1) is 20.0. The fraction of sp³-hybridized carbons (Fsp3) is 0.147. The number of carbonyl (C=O) groups is 3. The number of carbonyl (C=O) groups excluding carboxylic acids is 3. The van der Waals surface area contributed by atoms with Crippen LogP contribution in [0.5, 0.6) is 5.75 Å². The number of benzene rings is 4. The molecule has 0 saturated carbocycles. The van der Waals surface area contributed by atoms with E-state index in [0.717, 1.165) is 16.8 Å². The van der Waals surface area contributed by atoms with Crippen LogP contribution in [0.2, 0.25) is 0 Å². The topological polar surface area (TPSA) is 75.7 Å². The van der Waals surface area contributed by atoms with Crippen LogP contribution in [-0.2, 0) is 10.2 Å².